The summed E-state index contributed by atoms with van der Waals surface area (Å²) in [6.45, 7) is 6.16. The smallest absolute Gasteiger partial charge is 0.310 e. The second-order valence-corrected chi connectivity index (χ2v) is 5.52. The fourth-order valence-electron chi connectivity index (χ4n) is 2.41. The molecular weight excluding hydrogens is 241 g/mol. The summed E-state index contributed by atoms with van der Waals surface area (Å²) < 4.78 is 38.0. The Kier molecular flexibility index (Phi) is 4.33. The number of piperidine rings is 1. The van der Waals surface area contributed by atoms with Crippen molar-refractivity contribution in [1.82, 2.24) is 10.2 Å². The highest BCUT2D eigenvalue weighted by atomic mass is 19.4. The maximum atomic E-state index is 12.7. The van der Waals surface area contributed by atoms with Crippen molar-refractivity contribution in [2.24, 2.45) is 5.92 Å². The molecular formula is C13H21F3N2. The molecule has 5 heteroatoms. The van der Waals surface area contributed by atoms with Gasteiger partial charge in [0.05, 0.1) is 5.92 Å². The Bertz CT molecular complexity index is 297. The van der Waals surface area contributed by atoms with Crippen molar-refractivity contribution >= 4 is 0 Å². The van der Waals surface area contributed by atoms with Crippen molar-refractivity contribution < 1.29 is 13.2 Å². The number of nitrogens with one attached hydrogen (secondary N) is 1. The van der Waals surface area contributed by atoms with Gasteiger partial charge in [0, 0.05) is 25.7 Å². The Morgan fingerprint density at radius 1 is 1.28 bits per heavy atom. The molecule has 1 aliphatic heterocycles. The molecule has 2 rings (SSSR count). The fourth-order valence-corrected chi connectivity index (χ4v) is 2.41. The average Bonchev–Trinajstić information content (AvgIpc) is 3.09. The van der Waals surface area contributed by atoms with E-state index in [1.807, 2.05) is 4.90 Å². The van der Waals surface area contributed by atoms with Crippen LogP contribution in [0.2, 0.25) is 0 Å². The molecule has 0 bridgehead atoms. The van der Waals surface area contributed by atoms with Crippen molar-refractivity contribution in [3.8, 4) is 0 Å². The van der Waals surface area contributed by atoms with Gasteiger partial charge in [0.15, 0.2) is 0 Å². The van der Waals surface area contributed by atoms with Crippen LogP contribution in [0, 0.1) is 5.92 Å². The summed E-state index contributed by atoms with van der Waals surface area (Å²) in [5, 5.41) is 3.34. The second kappa shape index (κ2) is 5.61. The highest BCUT2D eigenvalue weighted by molar-refractivity contribution is 5.02. The molecule has 1 unspecified atom stereocenters. The van der Waals surface area contributed by atoms with Crippen LogP contribution in [-0.4, -0.2) is 43.3 Å². The molecule has 1 atom stereocenters. The van der Waals surface area contributed by atoms with Gasteiger partial charge in [0.2, 0.25) is 0 Å². The van der Waals surface area contributed by atoms with Gasteiger partial charge < -0.3 is 5.32 Å². The number of hydrogen-bond acceptors (Lipinski definition) is 2. The normalized spacial score (nSPS) is 26.3. The summed E-state index contributed by atoms with van der Waals surface area (Å²) in [6, 6.07) is 0.617. The lowest BCUT2D eigenvalue weighted by Crippen LogP contribution is -2.43. The number of alkyl halides is 3. The molecule has 0 amide bonds. The minimum atomic E-state index is -4.05. The predicted molar refractivity (Wildman–Crippen MR) is 65.4 cm³/mol. The van der Waals surface area contributed by atoms with E-state index in [0.29, 0.717) is 19.0 Å². The van der Waals surface area contributed by atoms with Crippen LogP contribution >= 0.6 is 0 Å². The minimum Gasteiger partial charge on any atom is -0.310 e. The lowest BCUT2D eigenvalue weighted by molar-refractivity contribution is -0.186. The first-order chi connectivity index (χ1) is 8.45. The van der Waals surface area contributed by atoms with Crippen LogP contribution in [-0.2, 0) is 0 Å². The van der Waals surface area contributed by atoms with Crippen molar-refractivity contribution in [3.05, 3.63) is 12.2 Å². The molecule has 1 saturated heterocycles. The summed E-state index contributed by atoms with van der Waals surface area (Å²) in [6.07, 6.45) is -0.715. The summed E-state index contributed by atoms with van der Waals surface area (Å²) in [7, 11) is 0. The van der Waals surface area contributed by atoms with E-state index < -0.39 is 12.1 Å². The Morgan fingerprint density at radius 3 is 2.61 bits per heavy atom. The van der Waals surface area contributed by atoms with E-state index in [2.05, 4.69) is 11.9 Å². The van der Waals surface area contributed by atoms with Crippen LogP contribution in [0.3, 0.4) is 0 Å². The van der Waals surface area contributed by atoms with E-state index >= 15 is 0 Å². The van der Waals surface area contributed by atoms with Gasteiger partial charge in [-0.15, -0.1) is 0 Å². The predicted octanol–water partition coefficient (Wildman–Crippen LogP) is 2.57. The number of rotatable bonds is 5. The van der Waals surface area contributed by atoms with Crippen LogP contribution < -0.4 is 5.32 Å². The standard InChI is InChI=1S/C13H21F3N2/c1-10(7-17-12-4-5-12)8-18-6-2-3-11(9-18)13(14,15)16/h11-12,17H,1-9H2. The van der Waals surface area contributed by atoms with E-state index in [4.69, 9.17) is 0 Å². The quantitative estimate of drug-likeness (QED) is 0.766. The molecule has 104 valence electrons. The summed E-state index contributed by atoms with van der Waals surface area (Å²) in [4.78, 5) is 1.89. The van der Waals surface area contributed by atoms with Crippen LogP contribution in [0.15, 0.2) is 12.2 Å². The van der Waals surface area contributed by atoms with Gasteiger partial charge in [-0.25, -0.2) is 0 Å². The van der Waals surface area contributed by atoms with Gasteiger partial charge in [0.25, 0.3) is 0 Å². The molecule has 2 fully saturated rings. The zero-order chi connectivity index (χ0) is 13.2. The van der Waals surface area contributed by atoms with Crippen molar-refractivity contribution in [1.29, 1.82) is 0 Å². The summed E-state index contributed by atoms with van der Waals surface area (Å²) >= 11 is 0. The highest BCUT2D eigenvalue weighted by Crippen LogP contribution is 2.33. The third-order valence-corrected chi connectivity index (χ3v) is 3.63. The first kappa shape index (κ1) is 13.9. The summed E-state index contributed by atoms with van der Waals surface area (Å²) in [5.74, 6) is -1.16. The monoisotopic (exact) mass is 262 g/mol. The maximum absolute atomic E-state index is 12.7. The zero-order valence-electron chi connectivity index (χ0n) is 10.6. The fraction of sp³-hybridized carbons (Fsp3) is 0.846. The third-order valence-electron chi connectivity index (χ3n) is 3.63. The van der Waals surface area contributed by atoms with E-state index in [1.165, 1.54) is 12.8 Å². The van der Waals surface area contributed by atoms with Gasteiger partial charge in [-0.1, -0.05) is 6.58 Å². The Morgan fingerprint density at radius 2 is 2.00 bits per heavy atom. The Balaban J connectivity index is 1.72. The Labute approximate surface area is 106 Å². The SMILES string of the molecule is C=C(CNC1CC1)CN1CCCC(C(F)(F)F)C1. The van der Waals surface area contributed by atoms with Crippen molar-refractivity contribution in [2.45, 2.75) is 37.9 Å². The largest absolute Gasteiger partial charge is 0.393 e. The molecule has 0 aromatic carbocycles. The number of likely N-dealkylation sites (tertiary alicyclic amines) is 1. The van der Waals surface area contributed by atoms with Gasteiger partial charge in [-0.2, -0.15) is 13.2 Å². The van der Waals surface area contributed by atoms with E-state index in [-0.39, 0.29) is 13.0 Å². The van der Waals surface area contributed by atoms with Crippen molar-refractivity contribution in [2.75, 3.05) is 26.2 Å². The van der Waals surface area contributed by atoms with Crippen molar-refractivity contribution in [3.63, 3.8) is 0 Å². The topological polar surface area (TPSA) is 15.3 Å². The molecule has 2 nitrogen and oxygen atoms in total. The third kappa shape index (κ3) is 4.28. The number of hydrogen-bond donors (Lipinski definition) is 1. The lowest BCUT2D eigenvalue weighted by Gasteiger charge is -2.34. The molecule has 2 aliphatic rings. The van der Waals surface area contributed by atoms with Gasteiger partial charge >= 0.3 is 6.18 Å². The molecule has 0 aromatic rings. The minimum absolute atomic E-state index is 0.131. The highest BCUT2D eigenvalue weighted by Gasteiger charge is 2.41. The van der Waals surface area contributed by atoms with Gasteiger partial charge in [-0.3, -0.25) is 4.90 Å². The van der Waals surface area contributed by atoms with Gasteiger partial charge in [0.1, 0.15) is 0 Å². The van der Waals surface area contributed by atoms with Crippen LogP contribution in [0.5, 0.6) is 0 Å². The molecule has 1 aliphatic carbocycles. The molecule has 0 spiro atoms. The summed E-state index contributed by atoms with van der Waals surface area (Å²) in [5.41, 5.74) is 0.990. The molecule has 18 heavy (non-hydrogen) atoms. The maximum Gasteiger partial charge on any atom is 0.393 e. The lowest BCUT2D eigenvalue weighted by atomic mass is 9.97. The Hall–Kier alpha value is -0.550. The van der Waals surface area contributed by atoms with Gasteiger partial charge in [-0.05, 0) is 37.8 Å². The zero-order valence-corrected chi connectivity index (χ0v) is 10.6. The van der Waals surface area contributed by atoms with Crippen LogP contribution in [0.4, 0.5) is 13.2 Å². The molecule has 1 heterocycles. The first-order valence-electron chi connectivity index (χ1n) is 6.64. The molecule has 1 saturated carbocycles. The van der Waals surface area contributed by atoms with E-state index in [1.54, 1.807) is 0 Å². The second-order valence-electron chi connectivity index (χ2n) is 5.52. The number of nitrogens with zero attached hydrogens (tertiary/aromatic N) is 1. The molecule has 0 radical (unpaired) electrons. The van der Waals surface area contributed by atoms with E-state index in [9.17, 15) is 13.2 Å². The average molecular weight is 262 g/mol. The first-order valence-corrected chi connectivity index (χ1v) is 6.64. The molecule has 1 N–H and O–H groups in total. The molecule has 0 aromatic heterocycles. The van der Waals surface area contributed by atoms with Crippen LogP contribution in [0.25, 0.3) is 0 Å². The van der Waals surface area contributed by atoms with E-state index in [0.717, 1.165) is 18.7 Å². The number of halogens is 3. The van der Waals surface area contributed by atoms with Crippen LogP contribution in [0.1, 0.15) is 25.7 Å².